The minimum absolute atomic E-state index is 0.931. The second-order valence-corrected chi connectivity index (χ2v) is 5.89. The fraction of sp³-hybridized carbons (Fsp3) is 0.643. The summed E-state index contributed by atoms with van der Waals surface area (Å²) >= 11 is 3.62. The van der Waals surface area contributed by atoms with Gasteiger partial charge in [-0.3, -0.25) is 0 Å². The molecule has 0 aromatic carbocycles. The average molecular weight is 297 g/mol. The Balaban J connectivity index is 2.00. The highest BCUT2D eigenvalue weighted by Gasteiger charge is 2.20. The Hall–Kier alpha value is -0.570. The third-order valence-electron chi connectivity index (χ3n) is 3.57. The van der Waals surface area contributed by atoms with E-state index in [0.29, 0.717) is 0 Å². The molecule has 1 aliphatic heterocycles. The molecule has 1 aromatic heterocycles. The fourth-order valence-corrected chi connectivity index (χ4v) is 3.31. The van der Waals surface area contributed by atoms with Crippen molar-refractivity contribution in [2.24, 2.45) is 5.92 Å². The van der Waals surface area contributed by atoms with Crippen LogP contribution in [0.5, 0.6) is 0 Å². The molecular weight excluding hydrogens is 276 g/mol. The lowest BCUT2D eigenvalue weighted by molar-refractivity contribution is 0.377. The van der Waals surface area contributed by atoms with Crippen molar-refractivity contribution in [2.45, 2.75) is 39.5 Å². The molecule has 0 amide bonds. The van der Waals surface area contributed by atoms with Crippen LogP contribution >= 0.6 is 15.9 Å². The number of pyridine rings is 1. The van der Waals surface area contributed by atoms with Gasteiger partial charge in [0.05, 0.1) is 4.47 Å². The molecule has 0 saturated carbocycles. The molecule has 1 fully saturated rings. The van der Waals surface area contributed by atoms with Crippen molar-refractivity contribution in [1.82, 2.24) is 4.98 Å². The predicted molar refractivity (Wildman–Crippen MR) is 76.5 cm³/mol. The summed E-state index contributed by atoms with van der Waals surface area (Å²) in [6.07, 6.45) is 7.29. The van der Waals surface area contributed by atoms with E-state index < -0.39 is 0 Å². The molecule has 0 aliphatic carbocycles. The first-order chi connectivity index (χ1) is 8.20. The predicted octanol–water partition coefficient (Wildman–Crippen LogP) is 4.17. The Labute approximate surface area is 113 Å². The number of nitrogens with zero attached hydrogens (tertiary/aromatic N) is 2. The third-order valence-corrected chi connectivity index (χ3v) is 4.15. The molecule has 3 heteroatoms. The van der Waals surface area contributed by atoms with Gasteiger partial charge in [0.2, 0.25) is 0 Å². The number of halogens is 1. The van der Waals surface area contributed by atoms with E-state index in [0.717, 1.165) is 29.3 Å². The van der Waals surface area contributed by atoms with Crippen molar-refractivity contribution in [3.63, 3.8) is 0 Å². The van der Waals surface area contributed by atoms with Crippen LogP contribution in [-0.2, 0) is 0 Å². The van der Waals surface area contributed by atoms with E-state index in [-0.39, 0.29) is 0 Å². The lowest BCUT2D eigenvalue weighted by atomic mass is 9.92. The van der Waals surface area contributed by atoms with Crippen molar-refractivity contribution in [2.75, 3.05) is 18.0 Å². The number of rotatable bonds is 3. The topological polar surface area (TPSA) is 16.1 Å². The molecule has 1 saturated heterocycles. The van der Waals surface area contributed by atoms with Crippen LogP contribution in [0.4, 0.5) is 5.82 Å². The van der Waals surface area contributed by atoms with Gasteiger partial charge in [-0.1, -0.05) is 19.8 Å². The average Bonchev–Trinajstić information content (AvgIpc) is 2.31. The van der Waals surface area contributed by atoms with Gasteiger partial charge < -0.3 is 4.90 Å². The lowest BCUT2D eigenvalue weighted by Gasteiger charge is -2.33. The molecule has 17 heavy (non-hydrogen) atoms. The molecule has 0 N–H and O–H groups in total. The highest BCUT2D eigenvalue weighted by molar-refractivity contribution is 9.10. The van der Waals surface area contributed by atoms with Gasteiger partial charge in [-0.05, 0) is 53.2 Å². The number of aryl methyl sites for hydroxylation is 1. The summed E-state index contributed by atoms with van der Waals surface area (Å²) in [6, 6.07) is 2.15. The molecule has 2 nitrogen and oxygen atoms in total. The zero-order valence-corrected chi connectivity index (χ0v) is 12.3. The second-order valence-electron chi connectivity index (χ2n) is 5.04. The van der Waals surface area contributed by atoms with Crippen LogP contribution < -0.4 is 4.90 Å². The monoisotopic (exact) mass is 296 g/mol. The summed E-state index contributed by atoms with van der Waals surface area (Å²) in [5, 5.41) is 0. The van der Waals surface area contributed by atoms with Gasteiger partial charge >= 0.3 is 0 Å². The first-order valence-electron chi connectivity index (χ1n) is 6.57. The minimum Gasteiger partial charge on any atom is -0.356 e. The Morgan fingerprint density at radius 1 is 1.41 bits per heavy atom. The molecule has 0 atom stereocenters. The van der Waals surface area contributed by atoms with Crippen molar-refractivity contribution in [1.29, 1.82) is 0 Å². The maximum absolute atomic E-state index is 4.55. The van der Waals surface area contributed by atoms with Gasteiger partial charge in [0, 0.05) is 19.3 Å². The van der Waals surface area contributed by atoms with E-state index in [1.54, 1.807) is 0 Å². The Morgan fingerprint density at radius 2 is 2.12 bits per heavy atom. The van der Waals surface area contributed by atoms with Gasteiger partial charge in [0.25, 0.3) is 0 Å². The summed E-state index contributed by atoms with van der Waals surface area (Å²) in [7, 11) is 0. The summed E-state index contributed by atoms with van der Waals surface area (Å²) < 4.78 is 1.13. The van der Waals surface area contributed by atoms with E-state index in [4.69, 9.17) is 0 Å². The smallest absolute Gasteiger partial charge is 0.142 e. The minimum atomic E-state index is 0.931. The molecule has 0 unspecified atom stereocenters. The zero-order valence-electron chi connectivity index (χ0n) is 10.7. The van der Waals surface area contributed by atoms with Crippen LogP contribution in [0, 0.1) is 12.8 Å². The zero-order chi connectivity index (χ0) is 12.3. The van der Waals surface area contributed by atoms with Crippen molar-refractivity contribution in [3.8, 4) is 0 Å². The highest BCUT2D eigenvalue weighted by atomic mass is 79.9. The van der Waals surface area contributed by atoms with Crippen LogP contribution in [0.15, 0.2) is 16.7 Å². The van der Waals surface area contributed by atoms with Crippen molar-refractivity contribution >= 4 is 21.7 Å². The molecule has 0 bridgehead atoms. The van der Waals surface area contributed by atoms with Crippen LogP contribution in [-0.4, -0.2) is 18.1 Å². The van der Waals surface area contributed by atoms with Gasteiger partial charge in [-0.25, -0.2) is 4.98 Å². The SMILES string of the molecule is CCCC1CCN(c2ncc(C)cc2Br)CC1. The number of piperidine rings is 1. The molecule has 94 valence electrons. The fourth-order valence-electron chi connectivity index (χ4n) is 2.60. The molecule has 2 heterocycles. The molecule has 0 radical (unpaired) electrons. The van der Waals surface area contributed by atoms with Gasteiger partial charge in [0.15, 0.2) is 0 Å². The standard InChI is InChI=1S/C14H21BrN2/c1-3-4-12-5-7-17(8-6-12)14-13(15)9-11(2)10-16-14/h9-10,12H,3-8H2,1-2H3. The van der Waals surface area contributed by atoms with Crippen LogP contribution in [0.1, 0.15) is 38.2 Å². The third kappa shape index (κ3) is 3.21. The molecule has 2 rings (SSSR count). The van der Waals surface area contributed by atoms with Crippen LogP contribution in [0.3, 0.4) is 0 Å². The number of hydrogen-bond donors (Lipinski definition) is 0. The summed E-state index contributed by atoms with van der Waals surface area (Å²) in [4.78, 5) is 6.96. The van der Waals surface area contributed by atoms with E-state index in [2.05, 4.69) is 45.7 Å². The summed E-state index contributed by atoms with van der Waals surface area (Å²) in [6.45, 7) is 6.66. The lowest BCUT2D eigenvalue weighted by Crippen LogP contribution is -2.34. The number of hydrogen-bond acceptors (Lipinski definition) is 2. The second kappa shape index (κ2) is 5.85. The van der Waals surface area contributed by atoms with E-state index in [1.807, 2.05) is 6.20 Å². The number of aromatic nitrogens is 1. The maximum atomic E-state index is 4.55. The molecule has 0 spiro atoms. The largest absolute Gasteiger partial charge is 0.356 e. The van der Waals surface area contributed by atoms with E-state index in [1.165, 1.54) is 31.2 Å². The molecule has 1 aromatic rings. The number of anilines is 1. The van der Waals surface area contributed by atoms with Crippen molar-refractivity contribution < 1.29 is 0 Å². The highest BCUT2D eigenvalue weighted by Crippen LogP contribution is 2.29. The van der Waals surface area contributed by atoms with Crippen molar-refractivity contribution in [3.05, 3.63) is 22.3 Å². The van der Waals surface area contributed by atoms with Crippen LogP contribution in [0.25, 0.3) is 0 Å². The maximum Gasteiger partial charge on any atom is 0.142 e. The van der Waals surface area contributed by atoms with Gasteiger partial charge in [-0.15, -0.1) is 0 Å². The van der Waals surface area contributed by atoms with Gasteiger partial charge in [0.1, 0.15) is 5.82 Å². The first-order valence-corrected chi connectivity index (χ1v) is 7.37. The Bertz CT molecular complexity index is 370. The Kier molecular flexibility index (Phi) is 4.43. The molecular formula is C14H21BrN2. The van der Waals surface area contributed by atoms with E-state index in [9.17, 15) is 0 Å². The summed E-state index contributed by atoms with van der Waals surface area (Å²) in [5.74, 6) is 2.05. The molecule has 1 aliphatic rings. The Morgan fingerprint density at radius 3 is 2.71 bits per heavy atom. The van der Waals surface area contributed by atoms with Crippen LogP contribution in [0.2, 0.25) is 0 Å². The van der Waals surface area contributed by atoms with Gasteiger partial charge in [-0.2, -0.15) is 0 Å². The quantitative estimate of drug-likeness (QED) is 0.832. The van der Waals surface area contributed by atoms with E-state index >= 15 is 0 Å². The summed E-state index contributed by atoms with van der Waals surface area (Å²) in [5.41, 5.74) is 1.21. The normalized spacial score (nSPS) is 17.5. The first kappa shape index (κ1) is 12.9.